The first-order valence-corrected chi connectivity index (χ1v) is 15.2. The molecule has 3 saturated carbocycles. The van der Waals surface area contributed by atoms with E-state index in [4.69, 9.17) is 18.9 Å². The second-order valence-corrected chi connectivity index (χ2v) is 13.9. The highest BCUT2D eigenvalue weighted by molar-refractivity contribution is 5.96. The molecule has 4 aliphatic carbocycles. The molecular formula is C33H40O11. The zero-order valence-electron chi connectivity index (χ0n) is 25.6. The minimum Gasteiger partial charge on any atom is -0.455 e. The number of carbonyl (C=O) groups is 4. The SMILES string of the molecule is CC(=O)O[C@@]12CO[C@@H]1C[C@H](O)[C@@]1(C)C(=O)[C@H](OC(=O)C3CC3)C3=C(C)[C@@H](O)C[C@@](O)(C(OC(=O)c4ccccc4)C12)C3(C)C. The summed E-state index contributed by atoms with van der Waals surface area (Å²) in [5.74, 6) is -4.52. The van der Waals surface area contributed by atoms with Gasteiger partial charge in [0.25, 0.3) is 0 Å². The van der Waals surface area contributed by atoms with Gasteiger partial charge in [-0.2, -0.15) is 0 Å². The predicted octanol–water partition coefficient (Wildman–Crippen LogP) is 2.04. The smallest absolute Gasteiger partial charge is 0.338 e. The highest BCUT2D eigenvalue weighted by Crippen LogP contribution is 2.64. The summed E-state index contributed by atoms with van der Waals surface area (Å²) in [6.45, 7) is 7.42. The number of aliphatic hydroxyl groups excluding tert-OH is 2. The molecule has 6 rings (SSSR count). The maximum absolute atomic E-state index is 15.0. The quantitative estimate of drug-likeness (QED) is 0.253. The van der Waals surface area contributed by atoms with Crippen LogP contribution in [0.4, 0.5) is 0 Å². The molecule has 0 amide bonds. The van der Waals surface area contributed by atoms with Gasteiger partial charge in [-0.3, -0.25) is 14.4 Å². The molecule has 3 N–H and O–H groups in total. The Labute approximate surface area is 255 Å². The number of aliphatic hydroxyl groups is 3. The fourth-order valence-corrected chi connectivity index (χ4v) is 8.27. The predicted molar refractivity (Wildman–Crippen MR) is 152 cm³/mol. The van der Waals surface area contributed by atoms with Crippen LogP contribution in [0.15, 0.2) is 41.5 Å². The van der Waals surface area contributed by atoms with Crippen LogP contribution in [0, 0.1) is 22.7 Å². The summed E-state index contributed by atoms with van der Waals surface area (Å²) < 4.78 is 24.0. The van der Waals surface area contributed by atoms with Gasteiger partial charge in [0.2, 0.25) is 0 Å². The average Bonchev–Trinajstić information content (AvgIpc) is 3.81. The first-order chi connectivity index (χ1) is 20.6. The van der Waals surface area contributed by atoms with Crippen LogP contribution in [0.2, 0.25) is 0 Å². The van der Waals surface area contributed by atoms with E-state index in [0.29, 0.717) is 18.4 Å². The Hall–Kier alpha value is -3.12. The molecule has 5 aliphatic rings. The van der Waals surface area contributed by atoms with E-state index in [2.05, 4.69) is 0 Å². The zero-order valence-corrected chi connectivity index (χ0v) is 25.6. The second kappa shape index (κ2) is 10.2. The topological polar surface area (TPSA) is 166 Å². The Morgan fingerprint density at radius 1 is 1.02 bits per heavy atom. The molecule has 9 atom stereocenters. The molecule has 11 nitrogen and oxygen atoms in total. The third-order valence-corrected chi connectivity index (χ3v) is 11.1. The Morgan fingerprint density at radius 3 is 2.25 bits per heavy atom. The van der Waals surface area contributed by atoms with Gasteiger partial charge in [-0.15, -0.1) is 0 Å². The van der Waals surface area contributed by atoms with E-state index in [1.165, 1.54) is 26.0 Å². The van der Waals surface area contributed by atoms with Crippen molar-refractivity contribution >= 4 is 23.7 Å². The molecule has 2 unspecified atom stereocenters. The largest absolute Gasteiger partial charge is 0.455 e. The molecule has 1 heterocycles. The van der Waals surface area contributed by atoms with Gasteiger partial charge in [0.05, 0.1) is 41.6 Å². The van der Waals surface area contributed by atoms with Gasteiger partial charge < -0.3 is 34.3 Å². The number of ether oxygens (including phenoxy) is 4. The summed E-state index contributed by atoms with van der Waals surface area (Å²) in [7, 11) is 0. The number of hydrogen-bond acceptors (Lipinski definition) is 11. The molecule has 1 aromatic rings. The van der Waals surface area contributed by atoms with Crippen molar-refractivity contribution in [2.75, 3.05) is 6.61 Å². The highest BCUT2D eigenvalue weighted by atomic mass is 16.6. The van der Waals surface area contributed by atoms with E-state index in [-0.39, 0.29) is 36.5 Å². The zero-order chi connectivity index (χ0) is 32.0. The average molecular weight is 613 g/mol. The molecule has 238 valence electrons. The third-order valence-electron chi connectivity index (χ3n) is 11.1. The van der Waals surface area contributed by atoms with Crippen molar-refractivity contribution in [3.8, 4) is 0 Å². The van der Waals surface area contributed by atoms with Gasteiger partial charge in [-0.25, -0.2) is 4.79 Å². The number of fused-ring (bicyclic) bond motifs is 5. The van der Waals surface area contributed by atoms with E-state index in [1.807, 2.05) is 0 Å². The molecule has 44 heavy (non-hydrogen) atoms. The van der Waals surface area contributed by atoms with Crippen LogP contribution in [0.1, 0.15) is 70.7 Å². The molecule has 11 heteroatoms. The molecule has 2 bridgehead atoms. The van der Waals surface area contributed by atoms with Gasteiger partial charge in [0, 0.05) is 25.2 Å². The second-order valence-electron chi connectivity index (χ2n) is 13.9. The van der Waals surface area contributed by atoms with E-state index in [9.17, 15) is 29.7 Å². The Bertz CT molecular complexity index is 1430. The van der Waals surface area contributed by atoms with Crippen LogP contribution in [-0.2, 0) is 33.3 Å². The fourth-order valence-electron chi connectivity index (χ4n) is 8.27. The van der Waals surface area contributed by atoms with Gasteiger partial charge in [0.1, 0.15) is 17.8 Å². The molecule has 0 radical (unpaired) electrons. The third kappa shape index (κ3) is 4.23. The number of rotatable bonds is 5. The van der Waals surface area contributed by atoms with Crippen LogP contribution >= 0.6 is 0 Å². The molecular weight excluding hydrogens is 572 g/mol. The van der Waals surface area contributed by atoms with Crippen LogP contribution in [0.5, 0.6) is 0 Å². The summed E-state index contributed by atoms with van der Waals surface area (Å²) in [6.07, 6.45) is -5.96. The monoisotopic (exact) mass is 612 g/mol. The summed E-state index contributed by atoms with van der Waals surface area (Å²) in [5, 5.41) is 36.2. The number of esters is 3. The van der Waals surface area contributed by atoms with Crippen molar-refractivity contribution in [3.63, 3.8) is 0 Å². The van der Waals surface area contributed by atoms with Gasteiger partial charge in [-0.1, -0.05) is 32.0 Å². The first kappa shape index (κ1) is 30.9. The first-order valence-electron chi connectivity index (χ1n) is 15.2. The Morgan fingerprint density at radius 2 is 1.68 bits per heavy atom. The molecule has 0 aromatic heterocycles. The van der Waals surface area contributed by atoms with Crippen molar-refractivity contribution in [2.24, 2.45) is 22.7 Å². The summed E-state index contributed by atoms with van der Waals surface area (Å²) >= 11 is 0. The highest BCUT2D eigenvalue weighted by Gasteiger charge is 2.78. The van der Waals surface area contributed by atoms with E-state index >= 15 is 4.79 Å². The lowest BCUT2D eigenvalue weighted by molar-refractivity contribution is -0.346. The van der Waals surface area contributed by atoms with Crippen LogP contribution < -0.4 is 0 Å². The van der Waals surface area contributed by atoms with Crippen LogP contribution in [-0.4, -0.2) is 87.3 Å². The molecule has 1 aliphatic heterocycles. The number of carbonyl (C=O) groups excluding carboxylic acids is 4. The van der Waals surface area contributed by atoms with Crippen molar-refractivity contribution < 1.29 is 53.4 Å². The van der Waals surface area contributed by atoms with E-state index in [1.54, 1.807) is 39.0 Å². The van der Waals surface area contributed by atoms with Crippen molar-refractivity contribution in [1.29, 1.82) is 0 Å². The summed E-state index contributed by atoms with van der Waals surface area (Å²) in [4.78, 5) is 54.6. The van der Waals surface area contributed by atoms with E-state index in [0.717, 1.165) is 0 Å². The minimum atomic E-state index is -2.10. The lowest BCUT2D eigenvalue weighted by Crippen LogP contribution is -2.81. The van der Waals surface area contributed by atoms with Crippen molar-refractivity contribution in [2.45, 2.75) is 102 Å². The maximum atomic E-state index is 15.0. The van der Waals surface area contributed by atoms with Gasteiger partial charge >= 0.3 is 17.9 Å². The molecule has 0 spiro atoms. The Kier molecular flexibility index (Phi) is 7.16. The van der Waals surface area contributed by atoms with Crippen molar-refractivity contribution in [3.05, 3.63) is 47.0 Å². The van der Waals surface area contributed by atoms with Crippen molar-refractivity contribution in [1.82, 2.24) is 0 Å². The maximum Gasteiger partial charge on any atom is 0.338 e. The number of ketones is 1. The van der Waals surface area contributed by atoms with Crippen LogP contribution in [0.3, 0.4) is 0 Å². The molecule has 1 saturated heterocycles. The van der Waals surface area contributed by atoms with Gasteiger partial charge in [-0.05, 0) is 50.0 Å². The minimum absolute atomic E-state index is 0.100. The van der Waals surface area contributed by atoms with Gasteiger partial charge in [0.15, 0.2) is 17.5 Å². The standard InChI is InChI=1S/C33H40O11/c1-16-20(35)14-33(40)27(43-29(39)18-9-7-6-8-10-18)25-31(5,21(36)13-22-32(25,15-41-22)44-17(2)34)26(37)24(23(16)30(33,3)4)42-28(38)19-11-12-19/h6-10,19-22,24-25,27,35-36,40H,11-15H2,1-5H3/t20-,21-,22+,24+,25?,27?,31+,32-,33+/m0/s1. The van der Waals surface area contributed by atoms with E-state index < -0.39 is 82.2 Å². The molecule has 4 fully saturated rings. The summed E-state index contributed by atoms with van der Waals surface area (Å²) in [5.41, 5.74) is -6.28. The lowest BCUT2D eigenvalue weighted by atomic mass is 9.44. The summed E-state index contributed by atoms with van der Waals surface area (Å²) in [6, 6.07) is 8.10. The number of benzene rings is 1. The van der Waals surface area contributed by atoms with Crippen LogP contribution in [0.25, 0.3) is 0 Å². The lowest BCUT2D eigenvalue weighted by Gasteiger charge is -2.67. The fraction of sp³-hybridized carbons (Fsp3) is 0.636. The Balaban J connectivity index is 1.62. The number of hydrogen-bond donors (Lipinski definition) is 3. The normalized spacial score (nSPS) is 40.8. The molecule has 1 aromatic carbocycles. The number of Topliss-reactive ketones (excluding diaryl/α,β-unsaturated/α-hetero) is 1.